The third-order valence-electron chi connectivity index (χ3n) is 7.59. The van der Waals surface area contributed by atoms with E-state index >= 15 is 0 Å². The Bertz CT molecular complexity index is 986. The lowest BCUT2D eigenvalue weighted by Gasteiger charge is -2.30. The fourth-order valence-corrected chi connectivity index (χ4v) is 5.84. The van der Waals surface area contributed by atoms with Gasteiger partial charge in [0.1, 0.15) is 11.8 Å². The van der Waals surface area contributed by atoms with Crippen molar-refractivity contribution >= 4 is 29.6 Å². The normalized spacial score (nSPS) is 14.1. The van der Waals surface area contributed by atoms with Crippen molar-refractivity contribution < 1.29 is 38.8 Å². The van der Waals surface area contributed by atoms with Gasteiger partial charge in [-0.25, -0.2) is 9.59 Å². The van der Waals surface area contributed by atoms with E-state index < -0.39 is 42.0 Å². The Morgan fingerprint density at radius 1 is 0.911 bits per heavy atom. The highest BCUT2D eigenvalue weighted by molar-refractivity contribution is 7.99. The van der Waals surface area contributed by atoms with Crippen molar-refractivity contribution in [1.82, 2.24) is 5.32 Å². The summed E-state index contributed by atoms with van der Waals surface area (Å²) >= 11 is 2.02. The van der Waals surface area contributed by atoms with Crippen LogP contribution in [-0.4, -0.2) is 78.6 Å². The van der Waals surface area contributed by atoms with Gasteiger partial charge >= 0.3 is 11.9 Å². The summed E-state index contributed by atoms with van der Waals surface area (Å²) < 4.78 is 15.6. The molecule has 0 saturated heterocycles. The number of carbonyl (C=O) groups excluding carboxylic acids is 2. The Hall–Kier alpha value is -2.56. The smallest absolute Gasteiger partial charge is 0.339 e. The molecular weight excluding hydrogens is 594 g/mol. The molecule has 1 amide bonds. The Kier molecular flexibility index (Phi) is 22.2. The van der Waals surface area contributed by atoms with Crippen molar-refractivity contribution in [3.63, 3.8) is 0 Å². The standard InChI is InChI=1S/C35H57NO8S/c1-5-7-9-13-16-24-45-25-17-14-11-10-12-15-18-30(35(41,27-42-3)34(39)40)32(37)36-31(33(38)43-4)26-28-19-21-29(22-20-28)44-23-8-6-2/h15,18-22,30-31,41H,5-14,16-17,23-27H2,1-4H3,(H,36,37)(H,39,40)/t30-,31+,35+/m1/s1. The number of carbonyl (C=O) groups is 3. The number of nitrogens with one attached hydrogen (secondary N) is 1. The van der Waals surface area contributed by atoms with E-state index in [1.807, 2.05) is 11.8 Å². The van der Waals surface area contributed by atoms with Gasteiger partial charge in [0.2, 0.25) is 5.91 Å². The van der Waals surface area contributed by atoms with Gasteiger partial charge < -0.3 is 29.7 Å². The maximum absolute atomic E-state index is 13.5. The van der Waals surface area contributed by atoms with Gasteiger partial charge in [-0.1, -0.05) is 83.1 Å². The molecular formula is C35H57NO8S. The van der Waals surface area contributed by atoms with Crippen LogP contribution in [0, 0.1) is 5.92 Å². The van der Waals surface area contributed by atoms with Crippen LogP contribution in [0.3, 0.4) is 0 Å². The lowest BCUT2D eigenvalue weighted by Crippen LogP contribution is -2.56. The van der Waals surface area contributed by atoms with Gasteiger partial charge in [0.05, 0.1) is 26.2 Å². The van der Waals surface area contributed by atoms with Crippen molar-refractivity contribution in [2.75, 3.05) is 38.9 Å². The second kappa shape index (κ2) is 24.6. The summed E-state index contributed by atoms with van der Waals surface area (Å²) in [6.45, 7) is 4.31. The lowest BCUT2D eigenvalue weighted by molar-refractivity contribution is -0.173. The predicted octanol–water partition coefficient (Wildman–Crippen LogP) is 6.35. The molecule has 3 atom stereocenters. The van der Waals surface area contributed by atoms with Crippen molar-refractivity contribution in [3.05, 3.63) is 42.0 Å². The summed E-state index contributed by atoms with van der Waals surface area (Å²) in [5, 5.41) is 23.6. The number of hydrogen-bond donors (Lipinski definition) is 3. The number of aliphatic hydroxyl groups is 1. The first-order valence-corrected chi connectivity index (χ1v) is 17.7. The van der Waals surface area contributed by atoms with Gasteiger partial charge in [0.15, 0.2) is 5.60 Å². The summed E-state index contributed by atoms with van der Waals surface area (Å²) in [5.74, 6) is -1.50. The van der Waals surface area contributed by atoms with Crippen LogP contribution in [0.4, 0.5) is 0 Å². The Morgan fingerprint density at radius 3 is 2.11 bits per heavy atom. The molecule has 9 nitrogen and oxygen atoms in total. The van der Waals surface area contributed by atoms with E-state index in [-0.39, 0.29) is 6.42 Å². The second-order valence-electron chi connectivity index (χ2n) is 11.4. The Balaban J connectivity index is 2.78. The Morgan fingerprint density at radius 2 is 1.53 bits per heavy atom. The molecule has 0 radical (unpaired) electrons. The molecule has 0 bridgehead atoms. The third-order valence-corrected chi connectivity index (χ3v) is 8.75. The van der Waals surface area contributed by atoms with Gasteiger partial charge in [-0.3, -0.25) is 4.79 Å². The quantitative estimate of drug-likeness (QED) is 0.0565. The first-order chi connectivity index (χ1) is 21.7. The average molecular weight is 652 g/mol. The molecule has 0 fully saturated rings. The number of methoxy groups -OCH3 is 2. The van der Waals surface area contributed by atoms with Gasteiger partial charge in [0.25, 0.3) is 0 Å². The minimum atomic E-state index is -2.53. The summed E-state index contributed by atoms with van der Waals surface area (Å²) in [5.41, 5.74) is -1.78. The number of hydrogen-bond acceptors (Lipinski definition) is 8. The van der Waals surface area contributed by atoms with E-state index in [0.29, 0.717) is 18.8 Å². The van der Waals surface area contributed by atoms with E-state index in [2.05, 4.69) is 19.2 Å². The number of unbranched alkanes of at least 4 members (excludes halogenated alkanes) is 9. The molecule has 0 unspecified atom stereocenters. The first kappa shape index (κ1) is 40.5. The number of allylic oxidation sites excluding steroid dienone is 1. The number of ether oxygens (including phenoxy) is 3. The molecule has 0 aliphatic rings. The highest BCUT2D eigenvalue weighted by atomic mass is 32.2. The van der Waals surface area contributed by atoms with Gasteiger partial charge in [-0.15, -0.1) is 0 Å². The van der Waals surface area contributed by atoms with Gasteiger partial charge in [-0.05, 0) is 61.3 Å². The number of rotatable bonds is 27. The Labute approximate surface area is 274 Å². The molecule has 45 heavy (non-hydrogen) atoms. The number of amides is 1. The predicted molar refractivity (Wildman–Crippen MR) is 181 cm³/mol. The molecule has 0 aliphatic heterocycles. The van der Waals surface area contributed by atoms with E-state index in [4.69, 9.17) is 14.2 Å². The summed E-state index contributed by atoms with van der Waals surface area (Å²) in [6.07, 6.45) is 16.5. The highest BCUT2D eigenvalue weighted by Crippen LogP contribution is 2.23. The van der Waals surface area contributed by atoms with Gasteiger partial charge in [0, 0.05) is 13.5 Å². The van der Waals surface area contributed by atoms with Crippen LogP contribution < -0.4 is 10.1 Å². The van der Waals surface area contributed by atoms with E-state index in [9.17, 15) is 24.6 Å². The summed E-state index contributed by atoms with van der Waals surface area (Å²) in [4.78, 5) is 38.3. The number of carboxylic acid groups (broad SMARTS) is 1. The molecule has 0 aliphatic carbocycles. The van der Waals surface area contributed by atoms with Crippen LogP contribution in [-0.2, 0) is 30.3 Å². The summed E-state index contributed by atoms with van der Waals surface area (Å²) in [7, 11) is 2.47. The molecule has 10 heteroatoms. The van der Waals surface area contributed by atoms with Crippen molar-refractivity contribution in [1.29, 1.82) is 0 Å². The zero-order chi connectivity index (χ0) is 33.3. The van der Waals surface area contributed by atoms with Crippen molar-refractivity contribution in [2.24, 2.45) is 5.92 Å². The fraction of sp³-hybridized carbons (Fsp3) is 0.686. The molecule has 0 aromatic heterocycles. The van der Waals surface area contributed by atoms with E-state index in [1.54, 1.807) is 30.3 Å². The zero-order valence-corrected chi connectivity index (χ0v) is 28.7. The molecule has 0 spiro atoms. The maximum atomic E-state index is 13.5. The van der Waals surface area contributed by atoms with Gasteiger partial charge in [-0.2, -0.15) is 11.8 Å². The first-order valence-electron chi connectivity index (χ1n) is 16.5. The molecule has 1 aromatic carbocycles. The highest BCUT2D eigenvalue weighted by Gasteiger charge is 2.47. The number of esters is 1. The van der Waals surface area contributed by atoms with E-state index in [1.165, 1.54) is 58.2 Å². The second-order valence-corrected chi connectivity index (χ2v) is 12.7. The minimum absolute atomic E-state index is 0.108. The molecule has 3 N–H and O–H groups in total. The van der Waals surface area contributed by atoms with Crippen LogP contribution in [0.1, 0.15) is 96.5 Å². The lowest BCUT2D eigenvalue weighted by atomic mass is 9.86. The average Bonchev–Trinajstić information content (AvgIpc) is 3.03. The largest absolute Gasteiger partial charge is 0.494 e. The molecule has 1 aromatic rings. The maximum Gasteiger partial charge on any atom is 0.339 e. The zero-order valence-electron chi connectivity index (χ0n) is 27.9. The van der Waals surface area contributed by atoms with Crippen LogP contribution in [0.25, 0.3) is 0 Å². The molecule has 0 heterocycles. The summed E-state index contributed by atoms with van der Waals surface area (Å²) in [6, 6.07) is 6.09. The minimum Gasteiger partial charge on any atom is -0.494 e. The van der Waals surface area contributed by atoms with Crippen molar-refractivity contribution in [2.45, 2.75) is 109 Å². The SMILES string of the molecule is CCCCCCCSCCCCCCC=C[C@H](C(=O)N[C@@H](Cc1ccc(OCCCC)cc1)C(=O)OC)[C@@](O)(COC)C(=O)O. The van der Waals surface area contributed by atoms with Crippen LogP contribution >= 0.6 is 11.8 Å². The number of thioether (sulfide) groups is 1. The fourth-order valence-electron chi connectivity index (χ4n) is 4.82. The molecule has 1 rings (SSSR count). The van der Waals surface area contributed by atoms with Crippen LogP contribution in [0.5, 0.6) is 5.75 Å². The number of carboxylic acids is 1. The van der Waals surface area contributed by atoms with E-state index in [0.717, 1.165) is 49.8 Å². The molecule has 0 saturated carbocycles. The number of aliphatic carboxylic acids is 1. The molecule has 256 valence electrons. The third kappa shape index (κ3) is 16.5. The van der Waals surface area contributed by atoms with Crippen LogP contribution in [0.2, 0.25) is 0 Å². The van der Waals surface area contributed by atoms with Crippen LogP contribution in [0.15, 0.2) is 36.4 Å². The number of benzene rings is 1. The van der Waals surface area contributed by atoms with Crippen molar-refractivity contribution in [3.8, 4) is 5.75 Å². The topological polar surface area (TPSA) is 131 Å². The monoisotopic (exact) mass is 651 g/mol.